The van der Waals surface area contributed by atoms with Gasteiger partial charge in [-0.15, -0.1) is 0 Å². The highest BCUT2D eigenvalue weighted by Crippen LogP contribution is 2.23. The molecule has 3 heteroatoms. The minimum Gasteiger partial charge on any atom is -0.207 e. The smallest absolute Gasteiger partial charge is 0.165 e. The van der Waals surface area contributed by atoms with Gasteiger partial charge in [0.15, 0.2) is 11.6 Å². The van der Waals surface area contributed by atoms with Gasteiger partial charge in [0.1, 0.15) is 5.82 Å². The summed E-state index contributed by atoms with van der Waals surface area (Å²) in [6.45, 7) is 7.22. The Balaban J connectivity index is 0.000000791. The lowest BCUT2D eigenvalue weighted by Gasteiger charge is -2.08. The zero-order valence-electron chi connectivity index (χ0n) is 8.87. The molecule has 0 N–H and O–H groups in total. The third-order valence-corrected chi connectivity index (χ3v) is 1.66. The molecule has 0 aliphatic carbocycles. The quantitative estimate of drug-likeness (QED) is 0.600. The maximum Gasteiger partial charge on any atom is 0.165 e. The fourth-order valence-corrected chi connectivity index (χ4v) is 1.07. The second-order valence-electron chi connectivity index (χ2n) is 2.91. The molecule has 0 saturated carbocycles. The first-order valence-corrected chi connectivity index (χ1v) is 4.67. The molecule has 0 amide bonds. The van der Waals surface area contributed by atoms with Gasteiger partial charge in [0, 0.05) is 5.56 Å². The van der Waals surface area contributed by atoms with E-state index >= 15 is 0 Å². The third kappa shape index (κ3) is 2.76. The minimum absolute atomic E-state index is 0.185. The van der Waals surface area contributed by atoms with Gasteiger partial charge in [-0.3, -0.25) is 0 Å². The van der Waals surface area contributed by atoms with Crippen LogP contribution in [0.25, 0.3) is 0 Å². The lowest BCUT2D eigenvalue weighted by molar-refractivity contribution is 0.472. The molecule has 1 aromatic carbocycles. The van der Waals surface area contributed by atoms with Crippen LogP contribution < -0.4 is 0 Å². The summed E-state index contributed by atoms with van der Waals surface area (Å²) in [4.78, 5) is 0. The number of hydrogen-bond acceptors (Lipinski definition) is 0. The Morgan fingerprint density at radius 3 is 1.71 bits per heavy atom. The molecule has 0 aliphatic rings. The fraction of sp³-hybridized carbons (Fsp3) is 0.455. The van der Waals surface area contributed by atoms with Crippen molar-refractivity contribution in [2.24, 2.45) is 0 Å². The second kappa shape index (κ2) is 5.68. The van der Waals surface area contributed by atoms with E-state index in [1.807, 2.05) is 13.8 Å². The molecule has 0 fully saturated rings. The zero-order chi connectivity index (χ0) is 11.3. The predicted molar refractivity (Wildman–Crippen MR) is 51.8 cm³/mol. The first-order chi connectivity index (χ1) is 6.54. The zero-order valence-corrected chi connectivity index (χ0v) is 8.87. The number of benzene rings is 1. The number of halogens is 3. The summed E-state index contributed by atoms with van der Waals surface area (Å²) in [7, 11) is 0. The minimum atomic E-state index is -1.08. The van der Waals surface area contributed by atoms with Gasteiger partial charge in [0.2, 0.25) is 0 Å². The van der Waals surface area contributed by atoms with Crippen molar-refractivity contribution < 1.29 is 13.2 Å². The van der Waals surface area contributed by atoms with Gasteiger partial charge in [0.05, 0.1) is 0 Å². The van der Waals surface area contributed by atoms with E-state index in [9.17, 15) is 13.2 Å². The van der Waals surface area contributed by atoms with Crippen LogP contribution in [-0.4, -0.2) is 0 Å². The first-order valence-electron chi connectivity index (χ1n) is 4.67. The largest absolute Gasteiger partial charge is 0.207 e. The van der Waals surface area contributed by atoms with Crippen molar-refractivity contribution in [1.82, 2.24) is 0 Å². The highest BCUT2D eigenvalue weighted by Gasteiger charge is 2.15. The van der Waals surface area contributed by atoms with E-state index in [0.29, 0.717) is 0 Å². The highest BCUT2D eigenvalue weighted by atomic mass is 19.2. The number of rotatable bonds is 1. The molecular formula is C11H15F3. The summed E-state index contributed by atoms with van der Waals surface area (Å²) in [6, 6.07) is 1.73. The fourth-order valence-electron chi connectivity index (χ4n) is 1.07. The Kier molecular flexibility index (Phi) is 5.28. The van der Waals surface area contributed by atoms with E-state index in [2.05, 4.69) is 0 Å². The second-order valence-corrected chi connectivity index (χ2v) is 2.91. The summed E-state index contributed by atoms with van der Waals surface area (Å²) in [5.74, 6) is -3.12. The molecule has 0 radical (unpaired) electrons. The molecule has 0 nitrogen and oxygen atoms in total. The Bertz CT molecular complexity index is 293. The van der Waals surface area contributed by atoms with Crippen LogP contribution in [-0.2, 0) is 0 Å². The van der Waals surface area contributed by atoms with Crippen molar-refractivity contribution in [1.29, 1.82) is 0 Å². The van der Waals surface area contributed by atoms with E-state index in [-0.39, 0.29) is 11.5 Å². The van der Waals surface area contributed by atoms with E-state index in [1.165, 1.54) is 0 Å². The van der Waals surface area contributed by atoms with Crippen LogP contribution in [0.3, 0.4) is 0 Å². The topological polar surface area (TPSA) is 0 Å². The van der Waals surface area contributed by atoms with Gasteiger partial charge < -0.3 is 0 Å². The molecule has 80 valence electrons. The van der Waals surface area contributed by atoms with Gasteiger partial charge in [-0.05, 0) is 18.1 Å². The molecule has 14 heavy (non-hydrogen) atoms. The Morgan fingerprint density at radius 1 is 0.929 bits per heavy atom. The van der Waals surface area contributed by atoms with Crippen LogP contribution in [0.2, 0.25) is 0 Å². The Morgan fingerprint density at radius 2 is 1.36 bits per heavy atom. The van der Waals surface area contributed by atoms with Crippen LogP contribution in [0.15, 0.2) is 12.1 Å². The van der Waals surface area contributed by atoms with Crippen LogP contribution in [0.1, 0.15) is 39.2 Å². The van der Waals surface area contributed by atoms with Gasteiger partial charge in [-0.2, -0.15) is 0 Å². The average molecular weight is 204 g/mol. The molecule has 0 unspecified atom stereocenters. The van der Waals surface area contributed by atoms with Crippen LogP contribution in [0.5, 0.6) is 0 Å². The summed E-state index contributed by atoms with van der Waals surface area (Å²) in [6.07, 6.45) is 0. The van der Waals surface area contributed by atoms with Gasteiger partial charge in [-0.1, -0.05) is 27.7 Å². The SMILES string of the molecule is CC.CC(C)c1c(F)ccc(F)c1F. The summed E-state index contributed by atoms with van der Waals surface area (Å²) >= 11 is 0. The molecule has 0 spiro atoms. The van der Waals surface area contributed by atoms with Crippen molar-refractivity contribution in [2.75, 3.05) is 0 Å². The van der Waals surface area contributed by atoms with Crippen molar-refractivity contribution >= 4 is 0 Å². The summed E-state index contributed by atoms with van der Waals surface area (Å²) < 4.78 is 38.4. The molecule has 0 heterocycles. The summed E-state index contributed by atoms with van der Waals surface area (Å²) in [5, 5.41) is 0. The molecule has 0 bridgehead atoms. The van der Waals surface area contributed by atoms with Gasteiger partial charge in [0.25, 0.3) is 0 Å². The van der Waals surface area contributed by atoms with E-state index in [4.69, 9.17) is 0 Å². The van der Waals surface area contributed by atoms with Crippen LogP contribution >= 0.6 is 0 Å². The molecule has 1 rings (SSSR count). The lowest BCUT2D eigenvalue weighted by Crippen LogP contribution is -2.00. The standard InChI is InChI=1S/C9H9F3.C2H6/c1-5(2)8-6(10)3-4-7(11)9(8)12;1-2/h3-5H,1-2H3;1-2H3. The van der Waals surface area contributed by atoms with Crippen molar-refractivity contribution in [2.45, 2.75) is 33.6 Å². The lowest BCUT2D eigenvalue weighted by atomic mass is 10.0. The monoisotopic (exact) mass is 204 g/mol. The van der Waals surface area contributed by atoms with Crippen LogP contribution in [0.4, 0.5) is 13.2 Å². The van der Waals surface area contributed by atoms with Crippen molar-refractivity contribution in [3.8, 4) is 0 Å². The average Bonchev–Trinajstić information content (AvgIpc) is 2.15. The van der Waals surface area contributed by atoms with E-state index in [0.717, 1.165) is 12.1 Å². The molecule has 0 aliphatic heterocycles. The molecular weight excluding hydrogens is 189 g/mol. The highest BCUT2D eigenvalue weighted by molar-refractivity contribution is 5.23. The summed E-state index contributed by atoms with van der Waals surface area (Å²) in [5.41, 5.74) is -0.185. The molecule has 0 atom stereocenters. The van der Waals surface area contributed by atoms with Gasteiger partial charge in [-0.25, -0.2) is 13.2 Å². The normalized spacial score (nSPS) is 9.71. The molecule has 1 aromatic rings. The first kappa shape index (κ1) is 13.0. The van der Waals surface area contributed by atoms with Crippen LogP contribution in [0, 0.1) is 17.5 Å². The molecule has 0 aromatic heterocycles. The maximum absolute atomic E-state index is 12.9. The van der Waals surface area contributed by atoms with E-state index < -0.39 is 17.5 Å². The Labute approximate surface area is 82.8 Å². The predicted octanol–water partition coefficient (Wildman–Crippen LogP) is 4.25. The Hall–Kier alpha value is -0.990. The number of hydrogen-bond donors (Lipinski definition) is 0. The van der Waals surface area contributed by atoms with Crippen molar-refractivity contribution in [3.63, 3.8) is 0 Å². The van der Waals surface area contributed by atoms with Crippen molar-refractivity contribution in [3.05, 3.63) is 35.1 Å². The molecule has 0 saturated heterocycles. The third-order valence-electron chi connectivity index (χ3n) is 1.66. The van der Waals surface area contributed by atoms with E-state index in [1.54, 1.807) is 13.8 Å². The van der Waals surface area contributed by atoms with Gasteiger partial charge >= 0.3 is 0 Å². The maximum atomic E-state index is 12.9.